The van der Waals surface area contributed by atoms with Crippen LogP contribution in [0.5, 0.6) is 0 Å². The Morgan fingerprint density at radius 3 is 2.95 bits per heavy atom. The zero-order chi connectivity index (χ0) is 16.3. The fourth-order valence-electron chi connectivity index (χ4n) is 2.40. The third-order valence-electron chi connectivity index (χ3n) is 3.46. The van der Waals surface area contributed by atoms with Gasteiger partial charge >= 0.3 is 6.09 Å². The van der Waals surface area contributed by atoms with Crippen LogP contribution in [-0.2, 0) is 6.42 Å². The average molecular weight is 311 g/mol. The van der Waals surface area contributed by atoms with Gasteiger partial charge in [-0.25, -0.2) is 14.2 Å². The molecule has 0 bridgehead atoms. The number of nitrogens with two attached hydrogens (primary N) is 1. The zero-order valence-corrected chi connectivity index (χ0v) is 12.1. The predicted molar refractivity (Wildman–Crippen MR) is 78.7 cm³/mol. The summed E-state index contributed by atoms with van der Waals surface area (Å²) in [4.78, 5) is 28.7. The minimum absolute atomic E-state index is 0.0330. The van der Waals surface area contributed by atoms with E-state index in [1.54, 1.807) is 7.05 Å². The number of rotatable bonds is 5. The van der Waals surface area contributed by atoms with Crippen molar-refractivity contribution in [3.8, 4) is 0 Å². The normalized spacial score (nSPS) is 15.2. The highest BCUT2D eigenvalue weighted by Crippen LogP contribution is 2.24. The number of nitrogens with one attached hydrogen (secondary N) is 2. The maximum absolute atomic E-state index is 12.9. The van der Waals surface area contributed by atoms with Crippen molar-refractivity contribution in [2.24, 2.45) is 0 Å². The Bertz CT molecular complexity index is 595. The van der Waals surface area contributed by atoms with Gasteiger partial charge in [0, 0.05) is 26.6 Å². The molecular weight excluding hydrogens is 293 g/mol. The first-order chi connectivity index (χ1) is 10.5. The molecule has 0 fully saturated rings. The fourth-order valence-corrected chi connectivity index (χ4v) is 2.40. The summed E-state index contributed by atoms with van der Waals surface area (Å²) in [5.74, 6) is 0.183. The summed E-state index contributed by atoms with van der Waals surface area (Å²) in [7, 11) is 1.69. The van der Waals surface area contributed by atoms with Crippen LogP contribution in [0.25, 0.3) is 0 Å². The summed E-state index contributed by atoms with van der Waals surface area (Å²) < 4.78 is 12.9. The van der Waals surface area contributed by atoms with Crippen molar-refractivity contribution >= 4 is 23.5 Å². The van der Waals surface area contributed by atoms with Gasteiger partial charge in [0.2, 0.25) is 0 Å². The lowest BCUT2D eigenvalue weighted by atomic mass is 10.0. The fraction of sp³-hybridized carbons (Fsp3) is 0.462. The predicted octanol–water partition coefficient (Wildman–Crippen LogP) is 0.310. The number of carbonyl (C=O) groups is 2. The molecule has 9 heteroatoms. The number of carbonyl (C=O) groups excluding carboxylic acids is 1. The molecule has 1 aliphatic heterocycles. The number of hydrogen-bond donors (Lipinski definition) is 4. The lowest BCUT2D eigenvalue weighted by molar-refractivity contribution is 0.0712. The van der Waals surface area contributed by atoms with Crippen molar-refractivity contribution in [3.05, 3.63) is 17.3 Å². The lowest BCUT2D eigenvalue weighted by Gasteiger charge is -2.30. The van der Waals surface area contributed by atoms with E-state index >= 15 is 0 Å². The Hall–Kier alpha value is -2.58. The molecule has 0 spiro atoms. The van der Waals surface area contributed by atoms with Gasteiger partial charge in [-0.15, -0.1) is 0 Å². The van der Waals surface area contributed by atoms with E-state index in [4.69, 9.17) is 10.8 Å². The third-order valence-corrected chi connectivity index (χ3v) is 3.46. The van der Waals surface area contributed by atoms with Crippen LogP contribution in [0.3, 0.4) is 0 Å². The van der Waals surface area contributed by atoms with E-state index in [9.17, 15) is 14.0 Å². The first-order valence-electron chi connectivity index (χ1n) is 6.78. The Balaban J connectivity index is 2.18. The largest absolute Gasteiger partial charge is 0.465 e. The molecular formula is C13H18FN5O3. The molecule has 22 heavy (non-hydrogen) atoms. The number of hydrogen-bond acceptors (Lipinski definition) is 5. The number of halogens is 1. The molecule has 5 N–H and O–H groups in total. The Kier molecular flexibility index (Phi) is 4.64. The van der Waals surface area contributed by atoms with E-state index < -0.39 is 18.8 Å². The van der Waals surface area contributed by atoms with Gasteiger partial charge in [0.25, 0.3) is 5.91 Å². The number of carboxylic acid groups (broad SMARTS) is 1. The number of nitrogen functional groups attached to an aromatic ring is 1. The highest BCUT2D eigenvalue weighted by atomic mass is 19.1. The number of nitrogens with zero attached hydrogens (tertiary/aromatic N) is 2. The molecule has 1 aromatic rings. The van der Waals surface area contributed by atoms with E-state index in [1.165, 1.54) is 11.0 Å². The van der Waals surface area contributed by atoms with Crippen LogP contribution >= 0.6 is 0 Å². The van der Waals surface area contributed by atoms with Gasteiger partial charge in [-0.05, 0) is 6.07 Å². The Morgan fingerprint density at radius 1 is 1.64 bits per heavy atom. The number of alkyl halides is 1. The van der Waals surface area contributed by atoms with Gasteiger partial charge < -0.3 is 26.4 Å². The van der Waals surface area contributed by atoms with Crippen molar-refractivity contribution in [2.45, 2.75) is 12.5 Å². The van der Waals surface area contributed by atoms with Crippen LogP contribution in [0.2, 0.25) is 0 Å². The topological polar surface area (TPSA) is 121 Å². The molecule has 1 aromatic heterocycles. The van der Waals surface area contributed by atoms with E-state index in [2.05, 4.69) is 10.3 Å². The van der Waals surface area contributed by atoms with Gasteiger partial charge in [-0.3, -0.25) is 4.79 Å². The summed E-state index contributed by atoms with van der Waals surface area (Å²) >= 11 is 0. The molecule has 0 aliphatic carbocycles. The Morgan fingerprint density at radius 2 is 2.36 bits per heavy atom. The van der Waals surface area contributed by atoms with E-state index in [1.807, 2.05) is 5.32 Å². The first kappa shape index (κ1) is 15.8. The Labute approximate surface area is 126 Å². The molecule has 120 valence electrons. The molecule has 1 atom stereocenters. The second-order valence-corrected chi connectivity index (χ2v) is 4.97. The van der Waals surface area contributed by atoms with Crippen LogP contribution in [0.15, 0.2) is 6.07 Å². The SMILES string of the molecule is CNc1nc2c(cc1N)C(=O)N(CC(CF)NC(=O)O)CC2. The molecule has 2 rings (SSSR count). The van der Waals surface area contributed by atoms with Gasteiger partial charge in [-0.1, -0.05) is 0 Å². The quantitative estimate of drug-likeness (QED) is 0.621. The van der Waals surface area contributed by atoms with Gasteiger partial charge in [0.15, 0.2) is 0 Å². The number of anilines is 2. The minimum atomic E-state index is -1.32. The molecule has 0 saturated carbocycles. The van der Waals surface area contributed by atoms with Gasteiger partial charge in [0.1, 0.15) is 12.5 Å². The maximum Gasteiger partial charge on any atom is 0.405 e. The first-order valence-corrected chi connectivity index (χ1v) is 6.78. The summed E-state index contributed by atoms with van der Waals surface area (Å²) in [6, 6.07) is 0.586. The molecule has 2 amide bonds. The standard InChI is InChI=1S/C13H18FN5O3/c1-16-11-9(15)4-8-10(18-11)2-3-19(12(8)20)6-7(5-14)17-13(21)22/h4,7,17H,2-3,5-6,15H2,1H3,(H,16,18)(H,21,22). The highest BCUT2D eigenvalue weighted by molar-refractivity contribution is 5.97. The summed E-state index contributed by atoms with van der Waals surface area (Å²) in [5.41, 5.74) is 7.16. The number of fused-ring (bicyclic) bond motifs is 1. The third kappa shape index (κ3) is 3.18. The molecule has 0 radical (unpaired) electrons. The molecule has 2 heterocycles. The van der Waals surface area contributed by atoms with Crippen LogP contribution in [-0.4, -0.2) is 59.8 Å². The van der Waals surface area contributed by atoms with E-state index in [0.717, 1.165) is 0 Å². The van der Waals surface area contributed by atoms with Crippen LogP contribution in [0.1, 0.15) is 16.1 Å². The van der Waals surface area contributed by atoms with E-state index in [-0.39, 0.29) is 12.5 Å². The van der Waals surface area contributed by atoms with Crippen LogP contribution in [0.4, 0.5) is 20.7 Å². The van der Waals surface area contributed by atoms with Crippen molar-refractivity contribution in [2.75, 3.05) is 37.9 Å². The molecule has 1 aliphatic rings. The molecule has 0 aromatic carbocycles. The molecule has 8 nitrogen and oxygen atoms in total. The van der Waals surface area contributed by atoms with E-state index in [0.29, 0.717) is 35.7 Å². The minimum Gasteiger partial charge on any atom is -0.465 e. The van der Waals surface area contributed by atoms with Gasteiger partial charge in [-0.2, -0.15) is 0 Å². The number of pyridine rings is 1. The monoisotopic (exact) mass is 311 g/mol. The van der Waals surface area contributed by atoms with Crippen LogP contribution < -0.4 is 16.4 Å². The summed E-state index contributed by atoms with van der Waals surface area (Å²) in [6.07, 6.45) is -0.820. The van der Waals surface area contributed by atoms with Crippen LogP contribution in [0, 0.1) is 0 Å². The van der Waals surface area contributed by atoms with Gasteiger partial charge in [0.05, 0.1) is 23.0 Å². The summed E-state index contributed by atoms with van der Waals surface area (Å²) in [6.45, 7) is -0.569. The number of amides is 2. The summed E-state index contributed by atoms with van der Waals surface area (Å²) in [5, 5.41) is 13.5. The average Bonchev–Trinajstić information content (AvgIpc) is 2.48. The second kappa shape index (κ2) is 6.46. The maximum atomic E-state index is 12.9. The molecule has 1 unspecified atom stereocenters. The molecule has 0 saturated heterocycles. The van der Waals surface area contributed by atoms with Crippen molar-refractivity contribution in [3.63, 3.8) is 0 Å². The van der Waals surface area contributed by atoms with Crippen molar-refractivity contribution in [1.82, 2.24) is 15.2 Å². The number of aromatic nitrogens is 1. The highest BCUT2D eigenvalue weighted by Gasteiger charge is 2.28. The zero-order valence-electron chi connectivity index (χ0n) is 12.1. The lowest BCUT2D eigenvalue weighted by Crippen LogP contribution is -2.49. The second-order valence-electron chi connectivity index (χ2n) is 4.97. The van der Waals surface area contributed by atoms with Crippen molar-refractivity contribution in [1.29, 1.82) is 0 Å². The van der Waals surface area contributed by atoms with Crippen molar-refractivity contribution < 1.29 is 19.1 Å². The smallest absolute Gasteiger partial charge is 0.405 e.